The van der Waals surface area contributed by atoms with E-state index in [9.17, 15) is 9.59 Å². The molecule has 0 aliphatic carbocycles. The third kappa shape index (κ3) is 7.27. The highest BCUT2D eigenvalue weighted by Gasteiger charge is 2.06. The van der Waals surface area contributed by atoms with Crippen molar-refractivity contribution in [3.8, 4) is 0 Å². The summed E-state index contributed by atoms with van der Waals surface area (Å²) in [7, 11) is 0. The zero-order valence-electron chi connectivity index (χ0n) is 7.96. The standard InChI is InChI=1S/C8H15NO4/c1-3-12-6-5-7(10)9-8(11)13-4-2/h3-6H2,1-2H3,(H,9,10,11). The van der Waals surface area contributed by atoms with Gasteiger partial charge in [0.1, 0.15) is 0 Å². The Morgan fingerprint density at radius 3 is 2.46 bits per heavy atom. The third-order valence-corrected chi connectivity index (χ3v) is 1.19. The van der Waals surface area contributed by atoms with Gasteiger partial charge in [0.15, 0.2) is 0 Å². The van der Waals surface area contributed by atoms with E-state index in [1.807, 2.05) is 6.92 Å². The third-order valence-electron chi connectivity index (χ3n) is 1.19. The van der Waals surface area contributed by atoms with Crippen LogP contribution in [0.1, 0.15) is 20.3 Å². The van der Waals surface area contributed by atoms with E-state index < -0.39 is 6.09 Å². The van der Waals surface area contributed by atoms with Crippen LogP contribution in [0.15, 0.2) is 0 Å². The molecule has 0 aromatic heterocycles. The van der Waals surface area contributed by atoms with Crippen molar-refractivity contribution in [2.45, 2.75) is 20.3 Å². The number of amides is 2. The number of hydrogen-bond donors (Lipinski definition) is 1. The van der Waals surface area contributed by atoms with Gasteiger partial charge in [0, 0.05) is 6.61 Å². The average Bonchev–Trinajstić information content (AvgIpc) is 2.05. The van der Waals surface area contributed by atoms with Gasteiger partial charge in [0.25, 0.3) is 0 Å². The summed E-state index contributed by atoms with van der Waals surface area (Å²) >= 11 is 0. The van der Waals surface area contributed by atoms with Gasteiger partial charge in [-0.25, -0.2) is 4.79 Å². The zero-order valence-corrected chi connectivity index (χ0v) is 7.96. The maximum atomic E-state index is 10.9. The summed E-state index contributed by atoms with van der Waals surface area (Å²) in [6.45, 7) is 4.65. The van der Waals surface area contributed by atoms with Crippen LogP contribution in [0, 0.1) is 0 Å². The van der Waals surface area contributed by atoms with Crippen molar-refractivity contribution in [3.63, 3.8) is 0 Å². The van der Waals surface area contributed by atoms with E-state index in [0.29, 0.717) is 13.2 Å². The summed E-state index contributed by atoms with van der Waals surface area (Å²) < 4.78 is 9.44. The quantitative estimate of drug-likeness (QED) is 0.646. The number of nitrogens with one attached hydrogen (secondary N) is 1. The lowest BCUT2D eigenvalue weighted by Gasteiger charge is -2.03. The van der Waals surface area contributed by atoms with Crippen molar-refractivity contribution >= 4 is 12.0 Å². The van der Waals surface area contributed by atoms with Gasteiger partial charge in [-0.1, -0.05) is 0 Å². The first-order chi connectivity index (χ1) is 6.20. The van der Waals surface area contributed by atoms with E-state index in [1.54, 1.807) is 6.92 Å². The normalized spacial score (nSPS) is 9.38. The van der Waals surface area contributed by atoms with Crippen molar-refractivity contribution in [1.29, 1.82) is 0 Å². The van der Waals surface area contributed by atoms with Gasteiger partial charge < -0.3 is 9.47 Å². The molecule has 0 fully saturated rings. The molecular formula is C8H15NO4. The van der Waals surface area contributed by atoms with E-state index in [-0.39, 0.29) is 18.9 Å². The Morgan fingerprint density at radius 1 is 1.23 bits per heavy atom. The maximum absolute atomic E-state index is 10.9. The molecule has 0 saturated carbocycles. The molecule has 0 radical (unpaired) electrons. The van der Waals surface area contributed by atoms with Crippen molar-refractivity contribution in [1.82, 2.24) is 5.32 Å². The molecule has 2 amide bonds. The number of alkyl carbamates (subject to hydrolysis) is 1. The van der Waals surface area contributed by atoms with Crippen LogP contribution in [0.4, 0.5) is 4.79 Å². The summed E-state index contributed by atoms with van der Waals surface area (Å²) in [5, 5.41) is 2.06. The van der Waals surface area contributed by atoms with Crippen LogP contribution in [0.5, 0.6) is 0 Å². The highest BCUT2D eigenvalue weighted by atomic mass is 16.5. The Hall–Kier alpha value is -1.10. The fourth-order valence-electron chi connectivity index (χ4n) is 0.653. The van der Waals surface area contributed by atoms with Gasteiger partial charge in [0.2, 0.25) is 5.91 Å². The molecule has 0 aliphatic heterocycles. The largest absolute Gasteiger partial charge is 0.450 e. The van der Waals surface area contributed by atoms with Crippen molar-refractivity contribution in [2.24, 2.45) is 0 Å². The van der Waals surface area contributed by atoms with Crippen LogP contribution < -0.4 is 5.32 Å². The van der Waals surface area contributed by atoms with Crippen molar-refractivity contribution in [3.05, 3.63) is 0 Å². The minimum Gasteiger partial charge on any atom is -0.450 e. The summed E-state index contributed by atoms with van der Waals surface area (Å²) in [4.78, 5) is 21.6. The van der Waals surface area contributed by atoms with Crippen LogP contribution in [0.25, 0.3) is 0 Å². The first-order valence-electron chi connectivity index (χ1n) is 4.25. The molecule has 0 bridgehead atoms. The highest BCUT2D eigenvalue weighted by Crippen LogP contribution is 1.84. The fraction of sp³-hybridized carbons (Fsp3) is 0.750. The van der Waals surface area contributed by atoms with Crippen molar-refractivity contribution in [2.75, 3.05) is 19.8 Å². The maximum Gasteiger partial charge on any atom is 0.413 e. The second-order valence-electron chi connectivity index (χ2n) is 2.22. The lowest BCUT2D eigenvalue weighted by Crippen LogP contribution is -2.31. The van der Waals surface area contributed by atoms with Crippen LogP contribution >= 0.6 is 0 Å². The summed E-state index contributed by atoms with van der Waals surface area (Å²) in [5.74, 6) is -0.382. The summed E-state index contributed by atoms with van der Waals surface area (Å²) in [6, 6.07) is 0. The molecule has 0 heterocycles. The van der Waals surface area contributed by atoms with Gasteiger partial charge >= 0.3 is 6.09 Å². The zero-order chi connectivity index (χ0) is 10.1. The van der Waals surface area contributed by atoms with Crippen LogP contribution in [0.2, 0.25) is 0 Å². The topological polar surface area (TPSA) is 64.6 Å². The van der Waals surface area contributed by atoms with Gasteiger partial charge in [-0.15, -0.1) is 0 Å². The number of imide groups is 1. The molecule has 5 nitrogen and oxygen atoms in total. The SMILES string of the molecule is CCOCCC(=O)NC(=O)OCC. The van der Waals surface area contributed by atoms with Crippen LogP contribution in [-0.4, -0.2) is 31.8 Å². The Balaban J connectivity index is 3.44. The smallest absolute Gasteiger partial charge is 0.413 e. The second-order valence-corrected chi connectivity index (χ2v) is 2.22. The molecule has 0 saturated heterocycles. The molecule has 0 aromatic rings. The Kier molecular flexibility index (Phi) is 6.91. The Bertz CT molecular complexity index is 170. The van der Waals surface area contributed by atoms with Crippen molar-refractivity contribution < 1.29 is 19.1 Å². The molecule has 0 aromatic carbocycles. The van der Waals surface area contributed by atoms with E-state index in [2.05, 4.69) is 10.1 Å². The molecule has 1 N–H and O–H groups in total. The molecule has 0 aliphatic rings. The van der Waals surface area contributed by atoms with Gasteiger partial charge in [0.05, 0.1) is 19.6 Å². The molecule has 5 heteroatoms. The summed E-state index contributed by atoms with van der Waals surface area (Å²) in [5.41, 5.74) is 0. The number of carbonyl (C=O) groups excluding carboxylic acids is 2. The minimum absolute atomic E-state index is 0.173. The number of hydrogen-bond acceptors (Lipinski definition) is 4. The lowest BCUT2D eigenvalue weighted by molar-refractivity contribution is -0.121. The summed E-state index contributed by atoms with van der Waals surface area (Å²) in [6.07, 6.45) is -0.531. The van der Waals surface area contributed by atoms with Crippen LogP contribution in [-0.2, 0) is 14.3 Å². The average molecular weight is 189 g/mol. The predicted molar refractivity (Wildman–Crippen MR) is 46.3 cm³/mol. The molecule has 76 valence electrons. The van der Waals surface area contributed by atoms with Gasteiger partial charge in [-0.2, -0.15) is 0 Å². The number of carbonyl (C=O) groups is 2. The molecule has 13 heavy (non-hydrogen) atoms. The molecular weight excluding hydrogens is 174 g/mol. The number of ether oxygens (including phenoxy) is 2. The fourth-order valence-corrected chi connectivity index (χ4v) is 0.653. The Labute approximate surface area is 77.4 Å². The van der Waals surface area contributed by atoms with E-state index in [1.165, 1.54) is 0 Å². The lowest BCUT2D eigenvalue weighted by atomic mass is 10.4. The molecule has 0 spiro atoms. The molecule has 0 atom stereocenters. The van der Waals surface area contributed by atoms with Gasteiger partial charge in [-0.3, -0.25) is 10.1 Å². The number of rotatable bonds is 5. The Morgan fingerprint density at radius 2 is 1.92 bits per heavy atom. The highest BCUT2D eigenvalue weighted by molar-refractivity contribution is 5.91. The second kappa shape index (κ2) is 7.54. The van der Waals surface area contributed by atoms with E-state index >= 15 is 0 Å². The molecule has 0 rings (SSSR count). The van der Waals surface area contributed by atoms with Gasteiger partial charge in [-0.05, 0) is 13.8 Å². The van der Waals surface area contributed by atoms with E-state index in [0.717, 1.165) is 0 Å². The van der Waals surface area contributed by atoms with Crippen LogP contribution in [0.3, 0.4) is 0 Å². The first kappa shape index (κ1) is 11.9. The first-order valence-corrected chi connectivity index (χ1v) is 4.25. The van der Waals surface area contributed by atoms with E-state index in [4.69, 9.17) is 4.74 Å². The monoisotopic (exact) mass is 189 g/mol. The molecule has 0 unspecified atom stereocenters. The predicted octanol–water partition coefficient (Wildman–Crippen LogP) is 0.686. The minimum atomic E-state index is -0.705.